The zero-order chi connectivity index (χ0) is 12.4. The van der Waals surface area contributed by atoms with Crippen molar-refractivity contribution >= 4 is 16.9 Å². The molecule has 2 N–H and O–H groups in total. The molecule has 5 heteroatoms. The van der Waals surface area contributed by atoms with Crippen LogP contribution >= 0.6 is 0 Å². The van der Waals surface area contributed by atoms with E-state index >= 15 is 0 Å². The SMILES string of the molecule is O=C1CC(c2ccc3nccnc3c2)NCCN1. The summed E-state index contributed by atoms with van der Waals surface area (Å²) in [4.78, 5) is 20.1. The van der Waals surface area contributed by atoms with Crippen molar-refractivity contribution in [2.24, 2.45) is 0 Å². The molecule has 3 rings (SSSR count). The Kier molecular flexibility index (Phi) is 2.90. The maximum atomic E-state index is 11.6. The minimum atomic E-state index is 0.0545. The van der Waals surface area contributed by atoms with E-state index in [1.54, 1.807) is 12.4 Å². The summed E-state index contributed by atoms with van der Waals surface area (Å²) < 4.78 is 0. The first-order chi connectivity index (χ1) is 8.83. The second-order valence-electron chi connectivity index (χ2n) is 4.37. The Labute approximate surface area is 105 Å². The number of nitrogens with zero attached hydrogens (tertiary/aromatic N) is 2. The Bertz CT molecular complexity index is 584. The molecule has 1 fully saturated rings. The Hall–Kier alpha value is -2.01. The third kappa shape index (κ3) is 2.17. The van der Waals surface area contributed by atoms with Crippen LogP contribution in [-0.4, -0.2) is 29.0 Å². The average Bonchev–Trinajstić information content (AvgIpc) is 2.63. The van der Waals surface area contributed by atoms with Crippen LogP contribution in [0.1, 0.15) is 18.0 Å². The number of fused-ring (bicyclic) bond motifs is 1. The van der Waals surface area contributed by atoms with Crippen molar-refractivity contribution in [2.45, 2.75) is 12.5 Å². The summed E-state index contributed by atoms with van der Waals surface area (Å²) in [5, 5.41) is 6.21. The number of carbonyl (C=O) groups excluding carboxylic acids is 1. The fourth-order valence-corrected chi connectivity index (χ4v) is 2.21. The Balaban J connectivity index is 1.95. The lowest BCUT2D eigenvalue weighted by Gasteiger charge is -2.15. The normalized spacial score (nSPS) is 20.4. The molecular formula is C13H14N4O. The van der Waals surface area contributed by atoms with Gasteiger partial charge in [-0.05, 0) is 17.7 Å². The van der Waals surface area contributed by atoms with Crippen molar-refractivity contribution in [3.05, 3.63) is 36.2 Å². The molecule has 1 saturated heterocycles. The van der Waals surface area contributed by atoms with Crippen molar-refractivity contribution in [3.8, 4) is 0 Å². The monoisotopic (exact) mass is 242 g/mol. The van der Waals surface area contributed by atoms with E-state index in [9.17, 15) is 4.79 Å². The minimum absolute atomic E-state index is 0.0545. The Morgan fingerprint density at radius 2 is 1.94 bits per heavy atom. The summed E-state index contributed by atoms with van der Waals surface area (Å²) in [5.41, 5.74) is 2.82. The van der Waals surface area contributed by atoms with Gasteiger partial charge in [-0.15, -0.1) is 0 Å². The molecule has 1 amide bonds. The third-order valence-electron chi connectivity index (χ3n) is 3.12. The van der Waals surface area contributed by atoms with Crippen LogP contribution in [-0.2, 0) is 4.79 Å². The Morgan fingerprint density at radius 1 is 1.11 bits per heavy atom. The van der Waals surface area contributed by atoms with Crippen LogP contribution in [0.5, 0.6) is 0 Å². The van der Waals surface area contributed by atoms with Crippen molar-refractivity contribution in [3.63, 3.8) is 0 Å². The van der Waals surface area contributed by atoms with E-state index in [0.29, 0.717) is 13.0 Å². The third-order valence-corrected chi connectivity index (χ3v) is 3.12. The second kappa shape index (κ2) is 4.70. The predicted octanol–water partition coefficient (Wildman–Crippen LogP) is 0.780. The second-order valence-corrected chi connectivity index (χ2v) is 4.37. The summed E-state index contributed by atoms with van der Waals surface area (Å²) in [6.45, 7) is 1.47. The lowest BCUT2D eigenvalue weighted by atomic mass is 10.0. The van der Waals surface area contributed by atoms with Crippen LogP contribution in [0, 0.1) is 0 Å². The van der Waals surface area contributed by atoms with E-state index in [1.165, 1.54) is 0 Å². The topological polar surface area (TPSA) is 66.9 Å². The molecule has 1 unspecified atom stereocenters. The van der Waals surface area contributed by atoms with E-state index in [-0.39, 0.29) is 11.9 Å². The van der Waals surface area contributed by atoms with Crippen LogP contribution in [0.3, 0.4) is 0 Å². The molecule has 0 radical (unpaired) electrons. The van der Waals surface area contributed by atoms with E-state index in [1.807, 2.05) is 18.2 Å². The van der Waals surface area contributed by atoms with Crippen LogP contribution in [0.15, 0.2) is 30.6 Å². The maximum absolute atomic E-state index is 11.6. The number of rotatable bonds is 1. The first-order valence-corrected chi connectivity index (χ1v) is 6.04. The summed E-state index contributed by atoms with van der Waals surface area (Å²) in [7, 11) is 0. The highest BCUT2D eigenvalue weighted by molar-refractivity contribution is 5.78. The van der Waals surface area contributed by atoms with Gasteiger partial charge in [0, 0.05) is 37.9 Å². The highest BCUT2D eigenvalue weighted by atomic mass is 16.1. The molecule has 0 spiro atoms. The average molecular weight is 242 g/mol. The molecule has 1 aliphatic heterocycles. The first kappa shape index (κ1) is 11.1. The molecule has 2 aromatic rings. The van der Waals surface area contributed by atoms with Gasteiger partial charge in [0.05, 0.1) is 11.0 Å². The van der Waals surface area contributed by atoms with Gasteiger partial charge in [-0.25, -0.2) is 0 Å². The zero-order valence-corrected chi connectivity index (χ0v) is 9.89. The summed E-state index contributed by atoms with van der Waals surface area (Å²) >= 11 is 0. The minimum Gasteiger partial charge on any atom is -0.355 e. The zero-order valence-electron chi connectivity index (χ0n) is 9.89. The quantitative estimate of drug-likeness (QED) is 0.775. The van der Waals surface area contributed by atoms with Crippen molar-refractivity contribution in [2.75, 3.05) is 13.1 Å². The lowest BCUT2D eigenvalue weighted by molar-refractivity contribution is -0.121. The molecule has 1 aromatic carbocycles. The van der Waals surface area contributed by atoms with Crippen LogP contribution in [0.25, 0.3) is 11.0 Å². The molecule has 0 aliphatic carbocycles. The number of nitrogens with one attached hydrogen (secondary N) is 2. The lowest BCUT2D eigenvalue weighted by Crippen LogP contribution is -2.24. The van der Waals surface area contributed by atoms with E-state index < -0.39 is 0 Å². The molecule has 0 bridgehead atoms. The van der Waals surface area contributed by atoms with Gasteiger partial charge < -0.3 is 10.6 Å². The van der Waals surface area contributed by atoms with Gasteiger partial charge in [0.1, 0.15) is 0 Å². The van der Waals surface area contributed by atoms with E-state index in [4.69, 9.17) is 0 Å². The van der Waals surface area contributed by atoms with Gasteiger partial charge in [0.2, 0.25) is 5.91 Å². The summed E-state index contributed by atoms with van der Waals surface area (Å²) in [6.07, 6.45) is 3.82. The van der Waals surface area contributed by atoms with Crippen molar-refractivity contribution in [1.29, 1.82) is 0 Å². The van der Waals surface area contributed by atoms with Crippen molar-refractivity contribution < 1.29 is 4.79 Å². The Morgan fingerprint density at radius 3 is 2.83 bits per heavy atom. The standard InChI is InChI=1S/C13H14N4O/c18-13-8-11(15-5-6-17-13)9-1-2-10-12(7-9)16-4-3-14-10/h1-4,7,11,15H,5-6,8H2,(H,17,18). The smallest absolute Gasteiger partial charge is 0.221 e. The molecule has 1 aliphatic rings. The first-order valence-electron chi connectivity index (χ1n) is 6.04. The van der Waals surface area contributed by atoms with Gasteiger partial charge in [0.25, 0.3) is 0 Å². The molecule has 0 saturated carbocycles. The number of aromatic nitrogens is 2. The fourth-order valence-electron chi connectivity index (χ4n) is 2.21. The summed E-state index contributed by atoms with van der Waals surface area (Å²) in [5.74, 6) is 0.0873. The molecular weight excluding hydrogens is 228 g/mol. The molecule has 92 valence electrons. The van der Waals surface area contributed by atoms with Gasteiger partial charge in [-0.1, -0.05) is 6.07 Å². The molecule has 1 aromatic heterocycles. The fraction of sp³-hybridized carbons (Fsp3) is 0.308. The highest BCUT2D eigenvalue weighted by Gasteiger charge is 2.18. The molecule has 1 atom stereocenters. The molecule has 2 heterocycles. The largest absolute Gasteiger partial charge is 0.355 e. The number of amides is 1. The number of hydrogen-bond donors (Lipinski definition) is 2. The number of hydrogen-bond acceptors (Lipinski definition) is 4. The number of carbonyl (C=O) groups is 1. The predicted molar refractivity (Wildman–Crippen MR) is 67.9 cm³/mol. The summed E-state index contributed by atoms with van der Waals surface area (Å²) in [6, 6.07) is 6.01. The number of benzene rings is 1. The van der Waals surface area contributed by atoms with E-state index in [0.717, 1.165) is 23.1 Å². The molecule has 5 nitrogen and oxygen atoms in total. The molecule has 18 heavy (non-hydrogen) atoms. The van der Waals surface area contributed by atoms with Crippen LogP contribution in [0.4, 0.5) is 0 Å². The van der Waals surface area contributed by atoms with E-state index in [2.05, 4.69) is 20.6 Å². The van der Waals surface area contributed by atoms with Gasteiger partial charge in [0.15, 0.2) is 0 Å². The highest BCUT2D eigenvalue weighted by Crippen LogP contribution is 2.21. The van der Waals surface area contributed by atoms with Crippen LogP contribution < -0.4 is 10.6 Å². The van der Waals surface area contributed by atoms with Gasteiger partial charge in [-0.2, -0.15) is 0 Å². The van der Waals surface area contributed by atoms with Gasteiger partial charge in [-0.3, -0.25) is 14.8 Å². The van der Waals surface area contributed by atoms with Crippen LogP contribution in [0.2, 0.25) is 0 Å². The van der Waals surface area contributed by atoms with Crippen molar-refractivity contribution in [1.82, 2.24) is 20.6 Å². The van der Waals surface area contributed by atoms with Gasteiger partial charge >= 0.3 is 0 Å². The maximum Gasteiger partial charge on any atom is 0.221 e.